The van der Waals surface area contributed by atoms with Crippen molar-refractivity contribution < 1.29 is 14.7 Å². The van der Waals surface area contributed by atoms with Gasteiger partial charge >= 0.3 is 0 Å². The van der Waals surface area contributed by atoms with E-state index in [1.165, 1.54) is 11.3 Å². The number of ketones is 1. The minimum Gasteiger partial charge on any atom is -0.396 e. The Labute approximate surface area is 98.3 Å². The van der Waals surface area contributed by atoms with Crippen LogP contribution < -0.4 is 5.32 Å². The zero-order valence-corrected chi connectivity index (χ0v) is 9.76. The molecule has 0 aromatic carbocycles. The van der Waals surface area contributed by atoms with E-state index < -0.39 is 0 Å². The third kappa shape index (κ3) is 4.55. The summed E-state index contributed by atoms with van der Waals surface area (Å²) in [5.74, 6) is -0.134. The number of nitrogens with one attached hydrogen (secondary N) is 1. The molecule has 0 spiro atoms. The highest BCUT2D eigenvalue weighted by molar-refractivity contribution is 7.12. The van der Waals surface area contributed by atoms with Crippen molar-refractivity contribution in [3.63, 3.8) is 0 Å². The van der Waals surface area contributed by atoms with Gasteiger partial charge in [-0.25, -0.2) is 0 Å². The van der Waals surface area contributed by atoms with Crippen LogP contribution in [0.4, 0.5) is 0 Å². The first-order valence-electron chi connectivity index (χ1n) is 5.18. The van der Waals surface area contributed by atoms with E-state index in [4.69, 9.17) is 5.11 Å². The maximum Gasteiger partial charge on any atom is 0.220 e. The SMILES string of the molecule is O=C(CCC(=O)c1cccs1)NCCCO. The zero-order chi connectivity index (χ0) is 11.8. The van der Waals surface area contributed by atoms with Crippen molar-refractivity contribution in [2.75, 3.05) is 13.2 Å². The molecule has 5 heteroatoms. The van der Waals surface area contributed by atoms with Gasteiger partial charge in [0.05, 0.1) is 4.88 Å². The highest BCUT2D eigenvalue weighted by Crippen LogP contribution is 2.12. The Balaban J connectivity index is 2.19. The molecule has 0 unspecified atom stereocenters. The van der Waals surface area contributed by atoms with Crippen molar-refractivity contribution in [2.24, 2.45) is 0 Å². The van der Waals surface area contributed by atoms with Gasteiger partial charge in [-0.05, 0) is 17.9 Å². The lowest BCUT2D eigenvalue weighted by Gasteiger charge is -2.02. The van der Waals surface area contributed by atoms with Crippen molar-refractivity contribution in [3.05, 3.63) is 22.4 Å². The van der Waals surface area contributed by atoms with Crippen LogP contribution in [0, 0.1) is 0 Å². The van der Waals surface area contributed by atoms with Crippen LogP contribution in [0.25, 0.3) is 0 Å². The Kier molecular flexibility index (Phi) is 5.74. The van der Waals surface area contributed by atoms with Crippen LogP contribution in [0.3, 0.4) is 0 Å². The molecule has 0 radical (unpaired) electrons. The van der Waals surface area contributed by atoms with Gasteiger partial charge in [-0.3, -0.25) is 9.59 Å². The van der Waals surface area contributed by atoms with Crippen LogP contribution in [-0.2, 0) is 4.79 Å². The Hall–Kier alpha value is -1.20. The molecule has 1 aromatic rings. The van der Waals surface area contributed by atoms with E-state index in [1.54, 1.807) is 6.07 Å². The fourth-order valence-corrected chi connectivity index (χ4v) is 1.88. The number of aliphatic hydroxyl groups excluding tert-OH is 1. The molecule has 0 saturated carbocycles. The Morgan fingerprint density at radius 1 is 1.38 bits per heavy atom. The number of amides is 1. The first-order chi connectivity index (χ1) is 7.74. The molecule has 0 aliphatic carbocycles. The van der Waals surface area contributed by atoms with Gasteiger partial charge in [0.1, 0.15) is 0 Å². The molecule has 88 valence electrons. The fourth-order valence-electron chi connectivity index (χ4n) is 1.18. The van der Waals surface area contributed by atoms with E-state index in [-0.39, 0.29) is 31.1 Å². The first kappa shape index (κ1) is 12.9. The standard InChI is InChI=1S/C11H15NO3S/c13-7-2-6-12-11(15)5-4-9(14)10-3-1-8-16-10/h1,3,8,13H,2,4-7H2,(H,12,15). The molecule has 4 nitrogen and oxygen atoms in total. The number of thiophene rings is 1. The van der Waals surface area contributed by atoms with E-state index in [0.717, 1.165) is 0 Å². The van der Waals surface area contributed by atoms with Crippen molar-refractivity contribution in [2.45, 2.75) is 19.3 Å². The largest absolute Gasteiger partial charge is 0.396 e. The molecule has 0 fully saturated rings. The topological polar surface area (TPSA) is 66.4 Å². The summed E-state index contributed by atoms with van der Waals surface area (Å²) in [6.45, 7) is 0.525. The second-order valence-electron chi connectivity index (χ2n) is 3.33. The lowest BCUT2D eigenvalue weighted by atomic mass is 10.2. The Morgan fingerprint density at radius 3 is 2.81 bits per heavy atom. The smallest absolute Gasteiger partial charge is 0.220 e. The summed E-state index contributed by atoms with van der Waals surface area (Å²) in [4.78, 5) is 23.5. The van der Waals surface area contributed by atoms with E-state index in [9.17, 15) is 9.59 Å². The minimum absolute atomic E-state index is 0.00677. The van der Waals surface area contributed by atoms with Gasteiger partial charge in [0.25, 0.3) is 0 Å². The van der Waals surface area contributed by atoms with E-state index >= 15 is 0 Å². The monoisotopic (exact) mass is 241 g/mol. The van der Waals surface area contributed by atoms with Crippen LogP contribution >= 0.6 is 11.3 Å². The Bertz CT molecular complexity index is 335. The van der Waals surface area contributed by atoms with Gasteiger partial charge in [-0.2, -0.15) is 0 Å². The number of carbonyl (C=O) groups excluding carboxylic acids is 2. The number of hydrogen-bond acceptors (Lipinski definition) is 4. The predicted molar refractivity (Wildman–Crippen MR) is 62.6 cm³/mol. The molecule has 1 amide bonds. The number of hydrogen-bond donors (Lipinski definition) is 2. The quantitative estimate of drug-likeness (QED) is 0.557. The lowest BCUT2D eigenvalue weighted by Crippen LogP contribution is -2.25. The summed E-state index contributed by atoms with van der Waals surface area (Å²) >= 11 is 1.39. The van der Waals surface area contributed by atoms with Crippen LogP contribution in [0.15, 0.2) is 17.5 Å². The summed E-state index contributed by atoms with van der Waals surface area (Å²) in [5, 5.41) is 13.0. The van der Waals surface area contributed by atoms with Gasteiger partial charge in [-0.15, -0.1) is 11.3 Å². The summed E-state index contributed by atoms with van der Waals surface area (Å²) < 4.78 is 0. The molecule has 1 aromatic heterocycles. The van der Waals surface area contributed by atoms with Crippen molar-refractivity contribution in [3.8, 4) is 0 Å². The van der Waals surface area contributed by atoms with E-state index in [2.05, 4.69) is 5.32 Å². The molecule has 0 atom stereocenters. The molecule has 0 aliphatic heterocycles. The molecule has 1 heterocycles. The van der Waals surface area contributed by atoms with Gasteiger partial charge in [0.2, 0.25) is 5.91 Å². The molecular formula is C11H15NO3S. The van der Waals surface area contributed by atoms with Crippen molar-refractivity contribution >= 4 is 23.0 Å². The van der Waals surface area contributed by atoms with E-state index in [1.807, 2.05) is 11.4 Å². The average molecular weight is 241 g/mol. The Morgan fingerprint density at radius 2 is 2.19 bits per heavy atom. The van der Waals surface area contributed by atoms with Crippen molar-refractivity contribution in [1.82, 2.24) is 5.32 Å². The predicted octanol–water partition coefficient (Wildman–Crippen LogP) is 1.21. The highest BCUT2D eigenvalue weighted by Gasteiger charge is 2.09. The number of aliphatic hydroxyl groups is 1. The maximum absolute atomic E-state index is 11.5. The summed E-state index contributed by atoms with van der Waals surface area (Å²) in [5.41, 5.74) is 0. The number of Topliss-reactive ketones (excluding diaryl/α,β-unsaturated/α-hetero) is 1. The summed E-state index contributed by atoms with van der Waals surface area (Å²) in [6.07, 6.45) is 0.998. The minimum atomic E-state index is -0.140. The average Bonchev–Trinajstić information content (AvgIpc) is 2.79. The van der Waals surface area contributed by atoms with Crippen molar-refractivity contribution in [1.29, 1.82) is 0 Å². The van der Waals surface area contributed by atoms with Gasteiger partial charge < -0.3 is 10.4 Å². The lowest BCUT2D eigenvalue weighted by molar-refractivity contribution is -0.121. The van der Waals surface area contributed by atoms with Gasteiger partial charge in [-0.1, -0.05) is 6.07 Å². The molecule has 0 bridgehead atoms. The molecule has 0 saturated heterocycles. The van der Waals surface area contributed by atoms with Crippen LogP contribution in [0.2, 0.25) is 0 Å². The van der Waals surface area contributed by atoms with Crippen LogP contribution in [0.5, 0.6) is 0 Å². The van der Waals surface area contributed by atoms with Gasteiger partial charge in [0, 0.05) is 26.0 Å². The number of rotatable bonds is 7. The summed E-state index contributed by atoms with van der Waals surface area (Å²) in [6, 6.07) is 3.58. The number of carbonyl (C=O) groups is 2. The van der Waals surface area contributed by atoms with E-state index in [0.29, 0.717) is 17.8 Å². The van der Waals surface area contributed by atoms with Crippen LogP contribution in [0.1, 0.15) is 28.9 Å². The zero-order valence-electron chi connectivity index (χ0n) is 8.94. The molecular weight excluding hydrogens is 226 g/mol. The normalized spacial score (nSPS) is 10.1. The second kappa shape index (κ2) is 7.14. The second-order valence-corrected chi connectivity index (χ2v) is 4.28. The summed E-state index contributed by atoms with van der Waals surface area (Å²) in [7, 11) is 0. The molecule has 1 rings (SSSR count). The van der Waals surface area contributed by atoms with Gasteiger partial charge in [0.15, 0.2) is 5.78 Å². The molecule has 0 aliphatic rings. The fraction of sp³-hybridized carbons (Fsp3) is 0.455. The third-order valence-electron chi connectivity index (χ3n) is 2.03. The van der Waals surface area contributed by atoms with Crippen LogP contribution in [-0.4, -0.2) is 29.9 Å². The third-order valence-corrected chi connectivity index (χ3v) is 2.94. The highest BCUT2D eigenvalue weighted by atomic mass is 32.1. The molecule has 2 N–H and O–H groups in total. The maximum atomic E-state index is 11.5. The first-order valence-corrected chi connectivity index (χ1v) is 6.06. The molecule has 16 heavy (non-hydrogen) atoms.